The second-order valence-corrected chi connectivity index (χ2v) is 8.84. The second-order valence-electron chi connectivity index (χ2n) is 7.83. The molecule has 8 heteroatoms. The van der Waals surface area contributed by atoms with E-state index < -0.39 is 29.3 Å². The Labute approximate surface area is 204 Å². The van der Waals surface area contributed by atoms with Gasteiger partial charge in [-0.05, 0) is 47.5 Å². The van der Waals surface area contributed by atoms with Crippen LogP contribution in [0.1, 0.15) is 17.2 Å². The molecular formula is C27H19FN2O4S. The number of carbonyl (C=O) groups excluding carboxylic acids is 2. The zero-order valence-corrected chi connectivity index (χ0v) is 19.3. The third kappa shape index (κ3) is 4.20. The molecule has 0 bridgehead atoms. The summed E-state index contributed by atoms with van der Waals surface area (Å²) in [6.07, 6.45) is 2.93. The molecule has 35 heavy (non-hydrogen) atoms. The van der Waals surface area contributed by atoms with Gasteiger partial charge >= 0.3 is 0 Å². The molecule has 0 spiro atoms. The number of methoxy groups -OCH3 is 1. The lowest BCUT2D eigenvalue weighted by molar-refractivity contribution is -0.117. The van der Waals surface area contributed by atoms with E-state index in [1.54, 1.807) is 31.4 Å². The minimum atomic E-state index is -0.974. The Hall–Kier alpha value is -4.30. The molecule has 3 aromatic carbocycles. The van der Waals surface area contributed by atoms with Gasteiger partial charge in [0.15, 0.2) is 16.7 Å². The first-order chi connectivity index (χ1) is 17.0. The van der Waals surface area contributed by atoms with Crippen molar-refractivity contribution in [3.8, 4) is 5.75 Å². The van der Waals surface area contributed by atoms with E-state index in [9.17, 15) is 19.1 Å². The van der Waals surface area contributed by atoms with Gasteiger partial charge in [0, 0.05) is 0 Å². The van der Waals surface area contributed by atoms with Crippen molar-refractivity contribution >= 4 is 44.5 Å². The number of nitrogens with zero attached hydrogens (tertiary/aromatic N) is 2. The Bertz CT molecular complexity index is 1490. The van der Waals surface area contributed by atoms with E-state index in [0.29, 0.717) is 22.0 Å². The monoisotopic (exact) mass is 486 g/mol. The predicted octanol–water partition coefficient (Wildman–Crippen LogP) is 5.63. The summed E-state index contributed by atoms with van der Waals surface area (Å²) in [5, 5.41) is 11.1. The van der Waals surface area contributed by atoms with E-state index in [0.717, 1.165) is 10.3 Å². The molecule has 0 radical (unpaired) electrons. The number of aromatic nitrogens is 1. The Morgan fingerprint density at radius 3 is 2.57 bits per heavy atom. The number of ketones is 1. The number of aliphatic hydroxyl groups is 1. The normalized spacial score (nSPS) is 16.0. The first kappa shape index (κ1) is 22.5. The number of benzene rings is 3. The fraction of sp³-hybridized carbons (Fsp3) is 0.0741. The summed E-state index contributed by atoms with van der Waals surface area (Å²) in [6.45, 7) is 0. The minimum absolute atomic E-state index is 0.0920. The number of amides is 1. The van der Waals surface area contributed by atoms with Crippen molar-refractivity contribution < 1.29 is 23.8 Å². The number of anilines is 1. The van der Waals surface area contributed by atoms with Crippen LogP contribution in [0, 0.1) is 5.82 Å². The Morgan fingerprint density at radius 2 is 1.86 bits per heavy atom. The highest BCUT2D eigenvalue weighted by molar-refractivity contribution is 7.22. The summed E-state index contributed by atoms with van der Waals surface area (Å²) < 4.78 is 19.7. The maximum absolute atomic E-state index is 13.7. The number of rotatable bonds is 6. The summed E-state index contributed by atoms with van der Waals surface area (Å²) in [6, 6.07) is 19.0. The number of ether oxygens (including phenoxy) is 1. The maximum atomic E-state index is 13.7. The Kier molecular flexibility index (Phi) is 5.88. The number of halogens is 1. The van der Waals surface area contributed by atoms with Gasteiger partial charge in [-0.1, -0.05) is 59.9 Å². The number of hydrogen-bond acceptors (Lipinski definition) is 6. The molecule has 1 aromatic heterocycles. The zero-order valence-electron chi connectivity index (χ0n) is 18.5. The van der Waals surface area contributed by atoms with Crippen LogP contribution < -0.4 is 9.64 Å². The van der Waals surface area contributed by atoms with E-state index in [4.69, 9.17) is 4.74 Å². The smallest absolute Gasteiger partial charge is 0.296 e. The lowest BCUT2D eigenvalue weighted by atomic mass is 9.95. The van der Waals surface area contributed by atoms with Gasteiger partial charge in [0.25, 0.3) is 5.91 Å². The van der Waals surface area contributed by atoms with Crippen molar-refractivity contribution in [1.29, 1.82) is 0 Å². The average molecular weight is 487 g/mol. The summed E-state index contributed by atoms with van der Waals surface area (Å²) in [5.74, 6) is -1.75. The molecule has 174 valence electrons. The highest BCUT2D eigenvalue weighted by Gasteiger charge is 2.45. The number of hydrogen-bond donors (Lipinski definition) is 1. The van der Waals surface area contributed by atoms with E-state index >= 15 is 0 Å². The molecule has 1 aliphatic heterocycles. The van der Waals surface area contributed by atoms with Gasteiger partial charge in [0.05, 0.1) is 28.9 Å². The molecule has 2 heterocycles. The first-order valence-corrected chi connectivity index (χ1v) is 11.5. The van der Waals surface area contributed by atoms with Gasteiger partial charge in [-0.15, -0.1) is 0 Å². The molecule has 0 saturated heterocycles. The molecule has 0 aliphatic carbocycles. The lowest BCUT2D eigenvalue weighted by Crippen LogP contribution is -2.30. The van der Waals surface area contributed by atoms with E-state index in [-0.39, 0.29) is 5.57 Å². The predicted molar refractivity (Wildman–Crippen MR) is 133 cm³/mol. The van der Waals surface area contributed by atoms with Crippen LogP contribution in [0.15, 0.2) is 90.2 Å². The molecule has 4 aromatic rings. The minimum Gasteiger partial charge on any atom is -0.503 e. The standard InChI is InChI=1S/C27H19FN2O4S/c1-34-19-12-13-20-22(15-19)35-27(29-20)30-24(17-8-10-18(28)11-9-17)23(25(32)26(30)33)21(31)14-7-16-5-3-2-4-6-16/h2-15,24,32H,1H3. The molecule has 0 fully saturated rings. The highest BCUT2D eigenvalue weighted by atomic mass is 32.1. The van der Waals surface area contributed by atoms with Crippen LogP contribution in [-0.2, 0) is 9.59 Å². The van der Waals surface area contributed by atoms with Crippen LogP contribution in [0.25, 0.3) is 16.3 Å². The molecule has 0 saturated carbocycles. The summed E-state index contributed by atoms with van der Waals surface area (Å²) >= 11 is 1.23. The van der Waals surface area contributed by atoms with Crippen molar-refractivity contribution in [2.24, 2.45) is 0 Å². The van der Waals surface area contributed by atoms with Crippen molar-refractivity contribution in [2.75, 3.05) is 12.0 Å². The quantitative estimate of drug-likeness (QED) is 0.358. The average Bonchev–Trinajstić information content (AvgIpc) is 3.41. The molecule has 1 unspecified atom stereocenters. The number of aliphatic hydroxyl groups excluding tert-OH is 1. The Balaban J connectivity index is 1.60. The summed E-state index contributed by atoms with van der Waals surface area (Å²) in [5.41, 5.74) is 1.81. The van der Waals surface area contributed by atoms with Gasteiger partial charge < -0.3 is 9.84 Å². The molecule has 1 amide bonds. The van der Waals surface area contributed by atoms with E-state index in [2.05, 4.69) is 4.98 Å². The molecule has 1 atom stereocenters. The van der Waals surface area contributed by atoms with Crippen molar-refractivity contribution in [3.05, 3.63) is 107 Å². The second kappa shape index (κ2) is 9.15. The van der Waals surface area contributed by atoms with E-state index in [1.165, 1.54) is 46.6 Å². The highest BCUT2D eigenvalue weighted by Crippen LogP contribution is 2.44. The third-order valence-electron chi connectivity index (χ3n) is 5.68. The first-order valence-electron chi connectivity index (χ1n) is 10.7. The van der Waals surface area contributed by atoms with Gasteiger partial charge in [-0.3, -0.25) is 14.5 Å². The van der Waals surface area contributed by atoms with Crippen molar-refractivity contribution in [2.45, 2.75) is 6.04 Å². The topological polar surface area (TPSA) is 79.7 Å². The number of thiazole rings is 1. The van der Waals surface area contributed by atoms with Gasteiger partial charge in [0.1, 0.15) is 11.6 Å². The number of allylic oxidation sites excluding steroid dienone is 1. The van der Waals surface area contributed by atoms with Crippen LogP contribution >= 0.6 is 11.3 Å². The third-order valence-corrected chi connectivity index (χ3v) is 6.69. The molecule has 6 nitrogen and oxygen atoms in total. The van der Waals surface area contributed by atoms with Gasteiger partial charge in [-0.25, -0.2) is 9.37 Å². The zero-order chi connectivity index (χ0) is 24.5. The SMILES string of the molecule is COc1ccc2nc(N3C(=O)C(O)=C(C(=O)C=Cc4ccccc4)C3c3ccc(F)cc3)sc2c1. The Morgan fingerprint density at radius 1 is 1.11 bits per heavy atom. The van der Waals surface area contributed by atoms with Gasteiger partial charge in [0.2, 0.25) is 0 Å². The molecule has 1 aliphatic rings. The van der Waals surface area contributed by atoms with Crippen LogP contribution in [0.2, 0.25) is 0 Å². The fourth-order valence-corrected chi connectivity index (χ4v) is 4.98. The maximum Gasteiger partial charge on any atom is 0.296 e. The van der Waals surface area contributed by atoms with Crippen molar-refractivity contribution in [3.63, 3.8) is 0 Å². The lowest BCUT2D eigenvalue weighted by Gasteiger charge is -2.24. The van der Waals surface area contributed by atoms with Crippen LogP contribution in [0.4, 0.5) is 9.52 Å². The van der Waals surface area contributed by atoms with E-state index in [1.807, 2.05) is 30.3 Å². The molecule has 1 N–H and O–H groups in total. The van der Waals surface area contributed by atoms with Gasteiger partial charge in [-0.2, -0.15) is 0 Å². The summed E-state index contributed by atoms with van der Waals surface area (Å²) in [7, 11) is 1.56. The summed E-state index contributed by atoms with van der Waals surface area (Å²) in [4.78, 5) is 32.4. The molecule has 5 rings (SSSR count). The number of carbonyl (C=O) groups is 2. The van der Waals surface area contributed by atoms with Crippen LogP contribution in [-0.4, -0.2) is 28.9 Å². The molecular weight excluding hydrogens is 467 g/mol. The number of fused-ring (bicyclic) bond motifs is 1. The van der Waals surface area contributed by atoms with Crippen LogP contribution in [0.5, 0.6) is 5.75 Å². The fourth-order valence-electron chi connectivity index (χ4n) is 3.96. The van der Waals surface area contributed by atoms with Crippen LogP contribution in [0.3, 0.4) is 0 Å². The largest absolute Gasteiger partial charge is 0.503 e. The van der Waals surface area contributed by atoms with Crippen molar-refractivity contribution in [1.82, 2.24) is 4.98 Å².